The Hall–Kier alpha value is -2.47. The van der Waals surface area contributed by atoms with Crippen LogP contribution >= 0.6 is 11.6 Å². The molecule has 31 heavy (non-hydrogen) atoms. The van der Waals surface area contributed by atoms with E-state index in [1.165, 1.54) is 18.2 Å². The molecule has 2 saturated carbocycles. The van der Waals surface area contributed by atoms with E-state index in [9.17, 15) is 14.0 Å². The molecule has 0 radical (unpaired) electrons. The molecule has 2 aliphatic rings. The van der Waals surface area contributed by atoms with Crippen molar-refractivity contribution < 1.29 is 23.5 Å². The molecule has 0 atom stereocenters. The molecule has 0 N–H and O–H groups in total. The van der Waals surface area contributed by atoms with Crippen LogP contribution in [0.15, 0.2) is 18.2 Å². The Morgan fingerprint density at radius 2 is 1.55 bits per heavy atom. The number of halogens is 2. The van der Waals surface area contributed by atoms with Crippen LogP contribution in [0.1, 0.15) is 89.9 Å². The van der Waals surface area contributed by atoms with Crippen molar-refractivity contribution in [2.24, 2.45) is 0 Å². The Labute approximate surface area is 185 Å². The van der Waals surface area contributed by atoms with E-state index in [0.717, 1.165) is 32.1 Å². The SMILES string of the molecule is CCOC(=O)c1c(C2CCC2)nc(C2CC2)c(C(=O)OCC)c1-c1ccc(F)cc1Cl. The molecular weight excluding hydrogens is 421 g/mol. The molecule has 7 heteroatoms. The summed E-state index contributed by atoms with van der Waals surface area (Å²) in [7, 11) is 0. The number of aromatic nitrogens is 1. The number of carbonyl (C=O) groups excluding carboxylic acids is 2. The smallest absolute Gasteiger partial charge is 0.340 e. The zero-order valence-corrected chi connectivity index (χ0v) is 18.4. The van der Waals surface area contributed by atoms with Gasteiger partial charge < -0.3 is 9.47 Å². The first kappa shape index (κ1) is 21.8. The number of hydrogen-bond acceptors (Lipinski definition) is 5. The van der Waals surface area contributed by atoms with Gasteiger partial charge in [-0.05, 0) is 57.7 Å². The monoisotopic (exact) mass is 445 g/mol. The van der Waals surface area contributed by atoms with Crippen LogP contribution in [0.4, 0.5) is 4.39 Å². The van der Waals surface area contributed by atoms with Crippen LogP contribution in [0.25, 0.3) is 11.1 Å². The van der Waals surface area contributed by atoms with Gasteiger partial charge in [-0.15, -0.1) is 0 Å². The normalized spacial score (nSPS) is 16.0. The number of carbonyl (C=O) groups is 2. The topological polar surface area (TPSA) is 65.5 Å². The van der Waals surface area contributed by atoms with E-state index in [0.29, 0.717) is 22.5 Å². The fraction of sp³-hybridized carbons (Fsp3) is 0.458. The molecular formula is C24H25ClFNO4. The molecule has 5 nitrogen and oxygen atoms in total. The Kier molecular flexibility index (Phi) is 6.28. The van der Waals surface area contributed by atoms with Crippen molar-refractivity contribution in [2.75, 3.05) is 13.2 Å². The minimum absolute atomic E-state index is 0.114. The highest BCUT2D eigenvalue weighted by Gasteiger charge is 2.39. The predicted molar refractivity (Wildman–Crippen MR) is 115 cm³/mol. The van der Waals surface area contributed by atoms with Crippen LogP contribution in [-0.2, 0) is 9.47 Å². The lowest BCUT2D eigenvalue weighted by Crippen LogP contribution is -2.23. The Bertz CT molecular complexity index is 1030. The first-order valence-corrected chi connectivity index (χ1v) is 11.2. The molecule has 0 saturated heterocycles. The van der Waals surface area contributed by atoms with Crippen molar-refractivity contribution in [3.8, 4) is 11.1 Å². The Balaban J connectivity index is 2.08. The lowest BCUT2D eigenvalue weighted by atomic mass is 9.78. The summed E-state index contributed by atoms with van der Waals surface area (Å²) in [6.07, 6.45) is 4.72. The summed E-state index contributed by atoms with van der Waals surface area (Å²) in [5.41, 5.74) is 2.52. The first-order chi connectivity index (χ1) is 15.0. The third-order valence-corrected chi connectivity index (χ3v) is 6.18. The molecule has 0 unspecified atom stereocenters. The number of rotatable bonds is 7. The summed E-state index contributed by atoms with van der Waals surface area (Å²) in [6, 6.07) is 3.95. The standard InChI is InChI=1S/C24H25ClFNO4/c1-3-30-23(28)19-18(16-11-10-15(26)12-17(16)25)20(24(29)31-4-2)22(14-8-9-14)27-21(19)13-6-5-7-13/h10-14H,3-9H2,1-2H3. The summed E-state index contributed by atoms with van der Waals surface area (Å²) in [5, 5.41) is 0.114. The molecule has 1 heterocycles. The highest BCUT2D eigenvalue weighted by Crippen LogP contribution is 2.48. The fourth-order valence-corrected chi connectivity index (χ4v) is 4.30. The lowest BCUT2D eigenvalue weighted by molar-refractivity contribution is 0.0523. The molecule has 0 spiro atoms. The number of esters is 2. The molecule has 164 valence electrons. The van der Waals surface area contributed by atoms with Crippen molar-refractivity contribution in [1.82, 2.24) is 4.98 Å². The van der Waals surface area contributed by atoms with Crippen LogP contribution in [0.5, 0.6) is 0 Å². The summed E-state index contributed by atoms with van der Waals surface area (Å²) in [5.74, 6) is -1.36. The third-order valence-electron chi connectivity index (χ3n) is 5.87. The van der Waals surface area contributed by atoms with Gasteiger partial charge in [-0.1, -0.05) is 18.0 Å². The quantitative estimate of drug-likeness (QED) is 0.486. The molecule has 0 aliphatic heterocycles. The van der Waals surface area contributed by atoms with Gasteiger partial charge in [-0.3, -0.25) is 4.98 Å². The van der Waals surface area contributed by atoms with Gasteiger partial charge in [-0.25, -0.2) is 14.0 Å². The Morgan fingerprint density at radius 3 is 1.97 bits per heavy atom. The van der Waals surface area contributed by atoms with Crippen LogP contribution in [-0.4, -0.2) is 30.1 Å². The maximum Gasteiger partial charge on any atom is 0.340 e. The fourth-order valence-electron chi connectivity index (χ4n) is 4.03. The minimum Gasteiger partial charge on any atom is -0.462 e. The molecule has 1 aromatic heterocycles. The number of benzene rings is 1. The second-order valence-corrected chi connectivity index (χ2v) is 8.38. The number of ether oxygens (including phenoxy) is 2. The summed E-state index contributed by atoms with van der Waals surface area (Å²) in [6.45, 7) is 3.81. The van der Waals surface area contributed by atoms with Gasteiger partial charge in [0.25, 0.3) is 0 Å². The largest absolute Gasteiger partial charge is 0.462 e. The molecule has 0 bridgehead atoms. The van der Waals surface area contributed by atoms with Gasteiger partial charge in [0.15, 0.2) is 0 Å². The van der Waals surface area contributed by atoms with Gasteiger partial charge in [0, 0.05) is 23.0 Å². The van der Waals surface area contributed by atoms with Crippen molar-refractivity contribution in [2.45, 2.75) is 57.8 Å². The van der Waals surface area contributed by atoms with E-state index in [4.69, 9.17) is 26.1 Å². The number of pyridine rings is 1. The highest BCUT2D eigenvalue weighted by molar-refractivity contribution is 6.34. The molecule has 2 aromatic rings. The Morgan fingerprint density at radius 1 is 1.00 bits per heavy atom. The van der Waals surface area contributed by atoms with E-state index >= 15 is 0 Å². The van der Waals surface area contributed by atoms with E-state index in [1.54, 1.807) is 13.8 Å². The van der Waals surface area contributed by atoms with Crippen LogP contribution in [0.2, 0.25) is 5.02 Å². The van der Waals surface area contributed by atoms with E-state index in [-0.39, 0.29) is 41.2 Å². The average molecular weight is 446 g/mol. The average Bonchev–Trinajstić information content (AvgIpc) is 3.51. The van der Waals surface area contributed by atoms with Gasteiger partial charge in [0.2, 0.25) is 0 Å². The van der Waals surface area contributed by atoms with Crippen molar-refractivity contribution in [3.05, 3.63) is 51.6 Å². The van der Waals surface area contributed by atoms with E-state index < -0.39 is 17.8 Å². The third kappa shape index (κ3) is 4.18. The van der Waals surface area contributed by atoms with Crippen molar-refractivity contribution in [3.63, 3.8) is 0 Å². The van der Waals surface area contributed by atoms with Gasteiger partial charge in [0.05, 0.1) is 40.8 Å². The molecule has 0 amide bonds. The van der Waals surface area contributed by atoms with E-state index in [1.807, 2.05) is 0 Å². The van der Waals surface area contributed by atoms with Crippen molar-refractivity contribution >= 4 is 23.5 Å². The zero-order valence-electron chi connectivity index (χ0n) is 17.7. The van der Waals surface area contributed by atoms with Crippen LogP contribution in [0, 0.1) is 5.82 Å². The molecule has 2 aliphatic carbocycles. The van der Waals surface area contributed by atoms with Gasteiger partial charge in [0.1, 0.15) is 5.82 Å². The second-order valence-electron chi connectivity index (χ2n) is 7.97. The maximum absolute atomic E-state index is 13.8. The minimum atomic E-state index is -0.557. The predicted octanol–water partition coefficient (Wildman–Crippen LogP) is 6.04. The molecule has 4 rings (SSSR count). The van der Waals surface area contributed by atoms with Crippen molar-refractivity contribution in [1.29, 1.82) is 0 Å². The number of hydrogen-bond donors (Lipinski definition) is 0. The zero-order chi connectivity index (χ0) is 22.1. The molecule has 1 aromatic carbocycles. The van der Waals surface area contributed by atoms with Crippen LogP contribution in [0.3, 0.4) is 0 Å². The van der Waals surface area contributed by atoms with E-state index in [2.05, 4.69) is 0 Å². The second kappa shape index (κ2) is 8.95. The lowest BCUT2D eigenvalue weighted by Gasteiger charge is -2.29. The summed E-state index contributed by atoms with van der Waals surface area (Å²) >= 11 is 6.43. The summed E-state index contributed by atoms with van der Waals surface area (Å²) < 4.78 is 24.6. The van der Waals surface area contributed by atoms with Gasteiger partial charge >= 0.3 is 11.9 Å². The highest BCUT2D eigenvalue weighted by atomic mass is 35.5. The molecule has 2 fully saturated rings. The summed E-state index contributed by atoms with van der Waals surface area (Å²) in [4.78, 5) is 31.2. The van der Waals surface area contributed by atoms with Crippen LogP contribution < -0.4 is 0 Å². The number of nitrogens with zero attached hydrogens (tertiary/aromatic N) is 1. The van der Waals surface area contributed by atoms with Gasteiger partial charge in [-0.2, -0.15) is 0 Å². The maximum atomic E-state index is 13.8. The first-order valence-electron chi connectivity index (χ1n) is 10.8.